The molecule has 4 nitrogen and oxygen atoms in total. The SMILES string of the molecule is COC(=O)c1cc(NCc2ccco2)ccc1Cl. The molecule has 0 fully saturated rings. The number of esters is 1. The molecule has 0 aliphatic carbocycles. The van der Waals surface area contributed by atoms with Crippen LogP contribution in [0.15, 0.2) is 41.0 Å². The number of carbonyl (C=O) groups excluding carboxylic acids is 1. The first-order valence-electron chi connectivity index (χ1n) is 5.35. The molecule has 2 rings (SSSR count). The summed E-state index contributed by atoms with van der Waals surface area (Å²) in [6.07, 6.45) is 1.61. The summed E-state index contributed by atoms with van der Waals surface area (Å²) in [4.78, 5) is 11.5. The Morgan fingerprint density at radius 3 is 2.94 bits per heavy atom. The lowest BCUT2D eigenvalue weighted by molar-refractivity contribution is 0.0601. The number of ether oxygens (including phenoxy) is 1. The molecule has 0 radical (unpaired) electrons. The third kappa shape index (κ3) is 2.84. The van der Waals surface area contributed by atoms with Crippen LogP contribution in [0.4, 0.5) is 5.69 Å². The summed E-state index contributed by atoms with van der Waals surface area (Å²) in [5, 5.41) is 3.50. The maximum atomic E-state index is 11.5. The largest absolute Gasteiger partial charge is 0.467 e. The molecule has 5 heteroatoms. The van der Waals surface area contributed by atoms with Gasteiger partial charge in [-0.2, -0.15) is 0 Å². The minimum Gasteiger partial charge on any atom is -0.467 e. The fourth-order valence-electron chi connectivity index (χ4n) is 1.50. The van der Waals surface area contributed by atoms with Crippen molar-refractivity contribution in [2.75, 3.05) is 12.4 Å². The molecule has 1 aromatic carbocycles. The van der Waals surface area contributed by atoms with Crippen LogP contribution in [0.25, 0.3) is 0 Å². The Morgan fingerprint density at radius 1 is 1.44 bits per heavy atom. The summed E-state index contributed by atoms with van der Waals surface area (Å²) < 4.78 is 9.85. The van der Waals surface area contributed by atoms with Crippen LogP contribution in [-0.2, 0) is 11.3 Å². The molecule has 0 amide bonds. The number of benzene rings is 1. The topological polar surface area (TPSA) is 51.5 Å². The van der Waals surface area contributed by atoms with Gasteiger partial charge in [0.2, 0.25) is 0 Å². The summed E-state index contributed by atoms with van der Waals surface area (Å²) >= 11 is 5.92. The molecule has 0 unspecified atom stereocenters. The normalized spacial score (nSPS) is 10.1. The standard InChI is InChI=1S/C13H12ClNO3/c1-17-13(16)11-7-9(4-5-12(11)14)15-8-10-3-2-6-18-10/h2-7,15H,8H2,1H3. The van der Waals surface area contributed by atoms with Crippen LogP contribution < -0.4 is 5.32 Å². The van der Waals surface area contributed by atoms with Crippen molar-refractivity contribution in [2.24, 2.45) is 0 Å². The Bertz CT molecular complexity index is 537. The van der Waals surface area contributed by atoms with Crippen LogP contribution in [0.1, 0.15) is 16.1 Å². The van der Waals surface area contributed by atoms with Crippen molar-refractivity contribution in [1.29, 1.82) is 0 Å². The number of hydrogen-bond acceptors (Lipinski definition) is 4. The molecule has 0 atom stereocenters. The van der Waals surface area contributed by atoms with E-state index < -0.39 is 5.97 Å². The molecular formula is C13H12ClNO3. The second kappa shape index (κ2) is 5.60. The molecule has 18 heavy (non-hydrogen) atoms. The Kier molecular flexibility index (Phi) is 3.89. The highest BCUT2D eigenvalue weighted by Gasteiger charge is 2.11. The molecule has 1 heterocycles. The quantitative estimate of drug-likeness (QED) is 0.862. The Balaban J connectivity index is 2.12. The summed E-state index contributed by atoms with van der Waals surface area (Å²) in [7, 11) is 1.32. The van der Waals surface area contributed by atoms with Gasteiger partial charge in [0.15, 0.2) is 0 Å². The van der Waals surface area contributed by atoms with Gasteiger partial charge < -0.3 is 14.5 Å². The number of nitrogens with one attached hydrogen (secondary N) is 1. The molecule has 1 N–H and O–H groups in total. The van der Waals surface area contributed by atoms with E-state index in [1.807, 2.05) is 12.1 Å². The van der Waals surface area contributed by atoms with Gasteiger partial charge in [0.05, 0.1) is 30.5 Å². The molecule has 0 aliphatic heterocycles. The fraction of sp³-hybridized carbons (Fsp3) is 0.154. The van der Waals surface area contributed by atoms with Crippen LogP contribution in [0, 0.1) is 0 Å². The van der Waals surface area contributed by atoms with Gasteiger partial charge in [-0.1, -0.05) is 11.6 Å². The van der Waals surface area contributed by atoms with E-state index in [0.717, 1.165) is 11.4 Å². The first-order chi connectivity index (χ1) is 8.70. The highest BCUT2D eigenvalue weighted by atomic mass is 35.5. The summed E-state index contributed by atoms with van der Waals surface area (Å²) in [5.74, 6) is 0.353. The highest BCUT2D eigenvalue weighted by Crippen LogP contribution is 2.21. The van der Waals surface area contributed by atoms with E-state index in [0.29, 0.717) is 17.1 Å². The van der Waals surface area contributed by atoms with Gasteiger partial charge in [-0.05, 0) is 30.3 Å². The number of halogens is 1. The first-order valence-corrected chi connectivity index (χ1v) is 5.72. The number of anilines is 1. The molecule has 0 bridgehead atoms. The predicted octanol–water partition coefficient (Wildman–Crippen LogP) is 3.33. The molecule has 0 spiro atoms. The lowest BCUT2D eigenvalue weighted by Gasteiger charge is -2.07. The number of hydrogen-bond donors (Lipinski definition) is 1. The predicted molar refractivity (Wildman–Crippen MR) is 68.8 cm³/mol. The lowest BCUT2D eigenvalue weighted by Crippen LogP contribution is -2.04. The zero-order chi connectivity index (χ0) is 13.0. The van der Waals surface area contributed by atoms with E-state index in [1.165, 1.54) is 7.11 Å². The van der Waals surface area contributed by atoms with E-state index in [4.69, 9.17) is 16.0 Å². The first kappa shape index (κ1) is 12.5. The monoisotopic (exact) mass is 265 g/mol. The second-order valence-electron chi connectivity index (χ2n) is 3.62. The smallest absolute Gasteiger partial charge is 0.339 e. The average molecular weight is 266 g/mol. The van der Waals surface area contributed by atoms with Gasteiger partial charge in [0, 0.05) is 5.69 Å². The van der Waals surface area contributed by atoms with Crippen molar-refractivity contribution in [3.8, 4) is 0 Å². The van der Waals surface area contributed by atoms with Crippen LogP contribution in [0.5, 0.6) is 0 Å². The van der Waals surface area contributed by atoms with Crippen molar-refractivity contribution < 1.29 is 13.9 Å². The van der Waals surface area contributed by atoms with Gasteiger partial charge >= 0.3 is 5.97 Å². The highest BCUT2D eigenvalue weighted by molar-refractivity contribution is 6.33. The minimum atomic E-state index is -0.457. The van der Waals surface area contributed by atoms with Crippen molar-refractivity contribution in [2.45, 2.75) is 6.54 Å². The Hall–Kier alpha value is -1.94. The number of rotatable bonds is 4. The van der Waals surface area contributed by atoms with Crippen molar-refractivity contribution in [3.05, 3.63) is 52.9 Å². The van der Waals surface area contributed by atoms with Crippen LogP contribution in [-0.4, -0.2) is 13.1 Å². The van der Waals surface area contributed by atoms with Crippen LogP contribution in [0.2, 0.25) is 5.02 Å². The van der Waals surface area contributed by atoms with E-state index in [-0.39, 0.29) is 0 Å². The average Bonchev–Trinajstić information content (AvgIpc) is 2.90. The Labute approximate surface area is 110 Å². The summed E-state index contributed by atoms with van der Waals surface area (Å²) in [5.41, 5.74) is 1.11. The zero-order valence-corrected chi connectivity index (χ0v) is 10.5. The fourth-order valence-corrected chi connectivity index (χ4v) is 1.70. The number of furan rings is 1. The molecule has 94 valence electrons. The van der Waals surface area contributed by atoms with Crippen LogP contribution in [0.3, 0.4) is 0 Å². The van der Waals surface area contributed by atoms with Crippen molar-refractivity contribution >= 4 is 23.3 Å². The summed E-state index contributed by atoms with van der Waals surface area (Å²) in [6.45, 7) is 0.537. The molecule has 1 aromatic heterocycles. The van der Waals surface area contributed by atoms with Crippen LogP contribution >= 0.6 is 11.6 Å². The molecule has 2 aromatic rings. The Morgan fingerprint density at radius 2 is 2.28 bits per heavy atom. The van der Waals surface area contributed by atoms with E-state index >= 15 is 0 Å². The molecular weight excluding hydrogens is 254 g/mol. The minimum absolute atomic E-state index is 0.337. The third-order valence-electron chi connectivity index (χ3n) is 2.42. The lowest BCUT2D eigenvalue weighted by atomic mass is 10.2. The maximum Gasteiger partial charge on any atom is 0.339 e. The maximum absolute atomic E-state index is 11.5. The van der Waals surface area contributed by atoms with Crippen molar-refractivity contribution in [1.82, 2.24) is 0 Å². The number of methoxy groups -OCH3 is 1. The van der Waals surface area contributed by atoms with Gasteiger partial charge in [-0.3, -0.25) is 0 Å². The molecule has 0 saturated carbocycles. The number of carbonyl (C=O) groups is 1. The third-order valence-corrected chi connectivity index (χ3v) is 2.75. The van der Waals surface area contributed by atoms with Gasteiger partial charge in [-0.25, -0.2) is 4.79 Å². The zero-order valence-electron chi connectivity index (χ0n) is 9.77. The van der Waals surface area contributed by atoms with E-state index in [2.05, 4.69) is 10.1 Å². The molecule has 0 aliphatic rings. The van der Waals surface area contributed by atoms with E-state index in [9.17, 15) is 4.79 Å². The molecule has 0 saturated heterocycles. The summed E-state index contributed by atoms with van der Waals surface area (Å²) in [6, 6.07) is 8.77. The van der Waals surface area contributed by atoms with Gasteiger partial charge in [-0.15, -0.1) is 0 Å². The van der Waals surface area contributed by atoms with E-state index in [1.54, 1.807) is 24.5 Å². The van der Waals surface area contributed by atoms with Crippen molar-refractivity contribution in [3.63, 3.8) is 0 Å². The second-order valence-corrected chi connectivity index (χ2v) is 4.03. The van der Waals surface area contributed by atoms with Gasteiger partial charge in [0.1, 0.15) is 5.76 Å². The van der Waals surface area contributed by atoms with Gasteiger partial charge in [0.25, 0.3) is 0 Å².